The lowest BCUT2D eigenvalue weighted by Gasteiger charge is -2.42. The summed E-state index contributed by atoms with van der Waals surface area (Å²) in [5.74, 6) is 0.222. The van der Waals surface area contributed by atoms with E-state index >= 15 is 0 Å². The quantitative estimate of drug-likeness (QED) is 0.822. The maximum absolute atomic E-state index is 12.6. The van der Waals surface area contributed by atoms with Crippen LogP contribution in [0, 0.1) is 5.41 Å². The molecule has 0 radical (unpaired) electrons. The van der Waals surface area contributed by atoms with Crippen LogP contribution >= 0.6 is 0 Å². The van der Waals surface area contributed by atoms with E-state index in [1.165, 1.54) is 0 Å². The molecule has 4 heteroatoms. The van der Waals surface area contributed by atoms with Gasteiger partial charge in [-0.15, -0.1) is 0 Å². The first-order chi connectivity index (χ1) is 8.14. The Balaban J connectivity index is 2.68. The van der Waals surface area contributed by atoms with Crippen molar-refractivity contribution in [2.45, 2.75) is 40.2 Å². The normalized spacial score (nSPS) is 18.8. The van der Waals surface area contributed by atoms with Crippen LogP contribution < -0.4 is 5.32 Å². The fraction of sp³-hybridized carbons (Fsp3) is 0.929. The molecule has 106 valence electrons. The van der Waals surface area contributed by atoms with Crippen LogP contribution in [0.1, 0.15) is 34.6 Å². The van der Waals surface area contributed by atoms with E-state index < -0.39 is 5.54 Å². The molecule has 0 saturated carbocycles. The zero-order chi connectivity index (χ0) is 14.0. The van der Waals surface area contributed by atoms with E-state index in [2.05, 4.69) is 31.0 Å². The Kier molecular flexibility index (Phi) is 4.78. The van der Waals surface area contributed by atoms with Crippen molar-refractivity contribution in [3.8, 4) is 0 Å². The molecule has 1 rings (SSSR count). The first kappa shape index (κ1) is 15.4. The van der Waals surface area contributed by atoms with Gasteiger partial charge in [0.05, 0.1) is 5.54 Å². The molecule has 0 aliphatic carbocycles. The summed E-state index contributed by atoms with van der Waals surface area (Å²) in [6.07, 6.45) is 0. The van der Waals surface area contributed by atoms with Crippen LogP contribution in [0.3, 0.4) is 0 Å². The number of hydrogen-bond donors (Lipinski definition) is 1. The largest absolute Gasteiger partial charge is 0.344 e. The summed E-state index contributed by atoms with van der Waals surface area (Å²) >= 11 is 0. The summed E-state index contributed by atoms with van der Waals surface area (Å²) in [5, 5.41) is 3.33. The highest BCUT2D eigenvalue weighted by atomic mass is 16.2. The average Bonchev–Trinajstić information content (AvgIpc) is 2.27. The molecular weight excluding hydrogens is 226 g/mol. The predicted molar refractivity (Wildman–Crippen MR) is 75.6 cm³/mol. The van der Waals surface area contributed by atoms with Crippen LogP contribution in [0.2, 0.25) is 0 Å². The highest BCUT2D eigenvalue weighted by Gasteiger charge is 2.37. The van der Waals surface area contributed by atoms with Gasteiger partial charge in [-0.05, 0) is 19.3 Å². The summed E-state index contributed by atoms with van der Waals surface area (Å²) in [4.78, 5) is 16.8. The molecular formula is C14H29N3O. The van der Waals surface area contributed by atoms with Gasteiger partial charge in [-0.1, -0.05) is 20.8 Å². The van der Waals surface area contributed by atoms with Crippen LogP contribution in [-0.2, 0) is 4.79 Å². The van der Waals surface area contributed by atoms with Gasteiger partial charge in [0, 0.05) is 39.8 Å². The molecule has 1 saturated heterocycles. The van der Waals surface area contributed by atoms with Crippen LogP contribution in [0.25, 0.3) is 0 Å². The van der Waals surface area contributed by atoms with Crippen molar-refractivity contribution in [1.29, 1.82) is 0 Å². The molecule has 0 atom stereocenters. The van der Waals surface area contributed by atoms with Crippen molar-refractivity contribution < 1.29 is 4.79 Å². The zero-order valence-corrected chi connectivity index (χ0v) is 12.8. The molecule has 18 heavy (non-hydrogen) atoms. The Morgan fingerprint density at radius 3 is 2.11 bits per heavy atom. The standard InChI is InChI=1S/C14H29N3O/c1-13(2,3)11-16(6)12(18)14(4,5)17-9-7-15-8-10-17/h15H,7-11H2,1-6H3. The number of piperazine rings is 1. The maximum Gasteiger partial charge on any atom is 0.242 e. The summed E-state index contributed by atoms with van der Waals surface area (Å²) < 4.78 is 0. The van der Waals surface area contributed by atoms with Gasteiger partial charge in [0.15, 0.2) is 0 Å². The molecule has 1 N–H and O–H groups in total. The van der Waals surface area contributed by atoms with Crippen LogP contribution in [0.15, 0.2) is 0 Å². The van der Waals surface area contributed by atoms with Gasteiger partial charge in [0.2, 0.25) is 5.91 Å². The van der Waals surface area contributed by atoms with E-state index in [1.807, 2.05) is 25.8 Å². The van der Waals surface area contributed by atoms with Gasteiger partial charge in [0.25, 0.3) is 0 Å². The van der Waals surface area contributed by atoms with E-state index in [9.17, 15) is 4.79 Å². The number of nitrogens with zero attached hydrogens (tertiary/aromatic N) is 2. The van der Waals surface area contributed by atoms with Gasteiger partial charge in [-0.2, -0.15) is 0 Å². The highest BCUT2D eigenvalue weighted by Crippen LogP contribution is 2.21. The van der Waals surface area contributed by atoms with Gasteiger partial charge < -0.3 is 10.2 Å². The second-order valence-corrected chi connectivity index (χ2v) is 7.02. The molecule has 1 heterocycles. The SMILES string of the molecule is CN(CC(C)(C)C)C(=O)C(C)(C)N1CCNCC1. The van der Waals surface area contributed by atoms with E-state index in [0.29, 0.717) is 0 Å². The molecule has 4 nitrogen and oxygen atoms in total. The monoisotopic (exact) mass is 255 g/mol. The number of likely N-dealkylation sites (N-methyl/N-ethyl adjacent to an activating group) is 1. The number of amides is 1. The molecule has 1 fully saturated rings. The highest BCUT2D eigenvalue weighted by molar-refractivity contribution is 5.85. The van der Waals surface area contributed by atoms with Crippen LogP contribution in [-0.4, -0.2) is 61.0 Å². The van der Waals surface area contributed by atoms with Gasteiger partial charge in [-0.25, -0.2) is 0 Å². The summed E-state index contributed by atoms with van der Waals surface area (Å²) in [7, 11) is 1.91. The number of carbonyl (C=O) groups is 1. The van der Waals surface area contributed by atoms with Gasteiger partial charge >= 0.3 is 0 Å². The zero-order valence-electron chi connectivity index (χ0n) is 12.8. The van der Waals surface area contributed by atoms with Gasteiger partial charge in [-0.3, -0.25) is 9.69 Å². The lowest BCUT2D eigenvalue weighted by molar-refractivity contribution is -0.143. The number of rotatable bonds is 3. The molecule has 0 aromatic carbocycles. The van der Waals surface area contributed by atoms with Gasteiger partial charge in [0.1, 0.15) is 0 Å². The minimum atomic E-state index is -0.401. The number of nitrogens with one attached hydrogen (secondary N) is 1. The van der Waals surface area contributed by atoms with E-state index in [-0.39, 0.29) is 11.3 Å². The van der Waals surface area contributed by atoms with E-state index in [0.717, 1.165) is 32.7 Å². The number of hydrogen-bond acceptors (Lipinski definition) is 3. The van der Waals surface area contributed by atoms with Crippen molar-refractivity contribution in [3.05, 3.63) is 0 Å². The molecule has 1 aliphatic heterocycles. The smallest absolute Gasteiger partial charge is 0.242 e. The van der Waals surface area contributed by atoms with Crippen molar-refractivity contribution in [2.75, 3.05) is 39.8 Å². The van der Waals surface area contributed by atoms with Crippen molar-refractivity contribution >= 4 is 5.91 Å². The molecule has 0 unspecified atom stereocenters. The predicted octanol–water partition coefficient (Wildman–Crippen LogP) is 1.17. The molecule has 1 amide bonds. The third-order valence-corrected chi connectivity index (χ3v) is 3.49. The fourth-order valence-corrected chi connectivity index (χ4v) is 2.61. The second kappa shape index (κ2) is 5.57. The third-order valence-electron chi connectivity index (χ3n) is 3.49. The molecule has 0 aromatic heterocycles. The molecule has 0 bridgehead atoms. The summed E-state index contributed by atoms with van der Waals surface area (Å²) in [5.41, 5.74) is -0.258. The Labute approximate surface area is 112 Å². The molecule has 0 aromatic rings. The van der Waals surface area contributed by atoms with Crippen molar-refractivity contribution in [1.82, 2.24) is 15.1 Å². The van der Waals surface area contributed by atoms with Crippen LogP contribution in [0.5, 0.6) is 0 Å². The third kappa shape index (κ3) is 3.95. The molecule has 1 aliphatic rings. The first-order valence-electron chi connectivity index (χ1n) is 6.86. The van der Waals surface area contributed by atoms with Crippen LogP contribution in [0.4, 0.5) is 0 Å². The molecule has 0 spiro atoms. The lowest BCUT2D eigenvalue weighted by Crippen LogP contribution is -2.60. The summed E-state index contributed by atoms with van der Waals surface area (Å²) in [6.45, 7) is 15.2. The Hall–Kier alpha value is -0.610. The van der Waals surface area contributed by atoms with Crippen molar-refractivity contribution in [2.24, 2.45) is 5.41 Å². The second-order valence-electron chi connectivity index (χ2n) is 7.02. The Morgan fingerprint density at radius 1 is 1.17 bits per heavy atom. The minimum Gasteiger partial charge on any atom is -0.344 e. The Bertz CT molecular complexity index is 288. The van der Waals surface area contributed by atoms with E-state index in [1.54, 1.807) is 0 Å². The Morgan fingerprint density at radius 2 is 1.67 bits per heavy atom. The lowest BCUT2D eigenvalue weighted by atomic mass is 9.94. The maximum atomic E-state index is 12.6. The average molecular weight is 255 g/mol. The number of carbonyl (C=O) groups excluding carboxylic acids is 1. The van der Waals surface area contributed by atoms with E-state index in [4.69, 9.17) is 0 Å². The fourth-order valence-electron chi connectivity index (χ4n) is 2.61. The summed E-state index contributed by atoms with van der Waals surface area (Å²) in [6, 6.07) is 0. The first-order valence-corrected chi connectivity index (χ1v) is 6.86. The minimum absolute atomic E-state index is 0.143. The van der Waals surface area contributed by atoms with Crippen molar-refractivity contribution in [3.63, 3.8) is 0 Å². The topological polar surface area (TPSA) is 35.6 Å².